The number of thiazole rings is 1. The van der Waals surface area contributed by atoms with Crippen LogP contribution in [0.1, 0.15) is 22.4 Å². The van der Waals surface area contributed by atoms with E-state index in [0.717, 1.165) is 5.76 Å². The summed E-state index contributed by atoms with van der Waals surface area (Å²) in [6, 6.07) is 2.97. The van der Waals surface area contributed by atoms with Crippen molar-refractivity contribution in [1.82, 2.24) is 10.3 Å². The van der Waals surface area contributed by atoms with E-state index in [9.17, 15) is 4.79 Å². The van der Waals surface area contributed by atoms with Crippen LogP contribution in [0.15, 0.2) is 16.5 Å². The third-order valence-electron chi connectivity index (χ3n) is 2.58. The van der Waals surface area contributed by atoms with Crippen molar-refractivity contribution in [2.75, 3.05) is 7.05 Å². The lowest BCUT2D eigenvalue weighted by atomic mass is 10.2. The first kappa shape index (κ1) is 12.8. The highest BCUT2D eigenvalue weighted by Crippen LogP contribution is 2.32. The summed E-state index contributed by atoms with van der Waals surface area (Å²) in [6.07, 6.45) is 0. The van der Waals surface area contributed by atoms with Gasteiger partial charge in [0.25, 0.3) is 0 Å². The minimum atomic E-state index is -0.911. The highest BCUT2D eigenvalue weighted by atomic mass is 32.1. The number of carboxylic acids is 1. The van der Waals surface area contributed by atoms with Crippen LogP contribution >= 0.6 is 11.3 Å². The smallest absolute Gasteiger partial charge is 0.326 e. The lowest BCUT2D eigenvalue weighted by Gasteiger charge is -2.08. The van der Waals surface area contributed by atoms with Gasteiger partial charge in [0.1, 0.15) is 11.8 Å². The van der Waals surface area contributed by atoms with E-state index >= 15 is 0 Å². The Morgan fingerprint density at radius 3 is 2.72 bits per heavy atom. The zero-order chi connectivity index (χ0) is 13.3. The van der Waals surface area contributed by atoms with Gasteiger partial charge in [0.15, 0.2) is 10.8 Å². The highest BCUT2D eigenvalue weighted by Gasteiger charge is 2.24. The van der Waals surface area contributed by atoms with Crippen molar-refractivity contribution in [3.8, 4) is 10.8 Å². The van der Waals surface area contributed by atoms with Crippen molar-refractivity contribution in [2.24, 2.45) is 0 Å². The zero-order valence-corrected chi connectivity index (χ0v) is 11.2. The second-order valence-electron chi connectivity index (χ2n) is 3.94. The molecule has 96 valence electrons. The van der Waals surface area contributed by atoms with Crippen LogP contribution in [0.3, 0.4) is 0 Å². The van der Waals surface area contributed by atoms with Crippen LogP contribution in [0.25, 0.3) is 10.8 Å². The molecule has 0 aliphatic rings. The minimum Gasteiger partial charge on any atom is -0.480 e. The molecule has 2 heterocycles. The van der Waals surface area contributed by atoms with Gasteiger partial charge in [-0.2, -0.15) is 0 Å². The van der Waals surface area contributed by atoms with Crippen LogP contribution < -0.4 is 5.32 Å². The first-order valence-corrected chi connectivity index (χ1v) is 6.28. The number of aromatic nitrogens is 1. The van der Waals surface area contributed by atoms with Gasteiger partial charge in [0.2, 0.25) is 0 Å². The summed E-state index contributed by atoms with van der Waals surface area (Å²) in [4.78, 5) is 16.2. The molecule has 0 spiro atoms. The number of hydrogen-bond donors (Lipinski definition) is 2. The van der Waals surface area contributed by atoms with Crippen LogP contribution in [-0.2, 0) is 4.79 Å². The third-order valence-corrected chi connectivity index (χ3v) is 3.82. The van der Waals surface area contributed by atoms with E-state index in [0.29, 0.717) is 21.3 Å². The topological polar surface area (TPSA) is 75.4 Å². The predicted octanol–water partition coefficient (Wildman–Crippen LogP) is 2.37. The molecule has 0 aliphatic carbocycles. The number of rotatable bonds is 4. The number of aliphatic carboxylic acids is 1. The summed E-state index contributed by atoms with van der Waals surface area (Å²) < 4.78 is 5.49. The molecule has 1 atom stereocenters. The minimum absolute atomic E-state index is 0.673. The van der Waals surface area contributed by atoms with Crippen LogP contribution in [0.4, 0.5) is 0 Å². The maximum Gasteiger partial charge on any atom is 0.326 e. The molecular formula is C12H14N2O3S. The van der Waals surface area contributed by atoms with Crippen molar-refractivity contribution in [2.45, 2.75) is 19.9 Å². The Labute approximate surface area is 108 Å². The van der Waals surface area contributed by atoms with E-state index in [-0.39, 0.29) is 0 Å². The summed E-state index contributed by atoms with van der Waals surface area (Å²) >= 11 is 1.34. The first-order chi connectivity index (χ1) is 8.52. The number of hydrogen-bond acceptors (Lipinski definition) is 5. The largest absolute Gasteiger partial charge is 0.480 e. The van der Waals surface area contributed by atoms with Crippen molar-refractivity contribution < 1.29 is 14.3 Å². The van der Waals surface area contributed by atoms with Gasteiger partial charge in [0.05, 0.1) is 10.6 Å². The predicted molar refractivity (Wildman–Crippen MR) is 68.7 cm³/mol. The van der Waals surface area contributed by atoms with E-state index < -0.39 is 12.0 Å². The Morgan fingerprint density at radius 2 is 2.22 bits per heavy atom. The number of aryl methyl sites for hydroxylation is 2. The Kier molecular flexibility index (Phi) is 3.49. The monoisotopic (exact) mass is 266 g/mol. The van der Waals surface area contributed by atoms with Crippen molar-refractivity contribution in [1.29, 1.82) is 0 Å². The molecule has 2 N–H and O–H groups in total. The molecule has 0 radical (unpaired) electrons. The molecule has 0 saturated heterocycles. The second-order valence-corrected chi connectivity index (χ2v) is 4.97. The SMILES string of the molecule is CNC(C(=O)O)c1sc(-c2ccc(C)o2)nc1C. The van der Waals surface area contributed by atoms with Gasteiger partial charge in [-0.15, -0.1) is 11.3 Å². The van der Waals surface area contributed by atoms with Gasteiger partial charge in [-0.25, -0.2) is 4.98 Å². The number of carbonyl (C=O) groups is 1. The third kappa shape index (κ3) is 2.30. The van der Waals surface area contributed by atoms with Crippen LogP contribution in [-0.4, -0.2) is 23.1 Å². The molecule has 2 aromatic heterocycles. The molecule has 2 rings (SSSR count). The van der Waals surface area contributed by atoms with E-state index in [1.165, 1.54) is 11.3 Å². The zero-order valence-electron chi connectivity index (χ0n) is 10.4. The molecule has 5 nitrogen and oxygen atoms in total. The molecule has 0 aliphatic heterocycles. The van der Waals surface area contributed by atoms with Crippen molar-refractivity contribution >= 4 is 17.3 Å². The first-order valence-electron chi connectivity index (χ1n) is 5.47. The summed E-state index contributed by atoms with van der Waals surface area (Å²) in [5.41, 5.74) is 0.714. The van der Waals surface area contributed by atoms with E-state index in [4.69, 9.17) is 9.52 Å². The van der Waals surface area contributed by atoms with Gasteiger partial charge in [0, 0.05) is 0 Å². The van der Waals surface area contributed by atoms with Crippen LogP contribution in [0.5, 0.6) is 0 Å². The molecule has 0 fully saturated rings. The lowest BCUT2D eigenvalue weighted by Crippen LogP contribution is -2.24. The average molecular weight is 266 g/mol. The van der Waals surface area contributed by atoms with Gasteiger partial charge >= 0.3 is 5.97 Å². The molecular weight excluding hydrogens is 252 g/mol. The molecule has 1 unspecified atom stereocenters. The van der Waals surface area contributed by atoms with Gasteiger partial charge in [-0.3, -0.25) is 4.79 Å². The molecule has 0 amide bonds. The number of furan rings is 1. The normalized spacial score (nSPS) is 12.6. The lowest BCUT2D eigenvalue weighted by molar-refractivity contribution is -0.139. The van der Waals surface area contributed by atoms with E-state index in [2.05, 4.69) is 10.3 Å². The maximum atomic E-state index is 11.1. The highest BCUT2D eigenvalue weighted by molar-refractivity contribution is 7.15. The van der Waals surface area contributed by atoms with Crippen LogP contribution in [0.2, 0.25) is 0 Å². The summed E-state index contributed by atoms with van der Waals surface area (Å²) in [6.45, 7) is 3.66. The fourth-order valence-electron chi connectivity index (χ4n) is 1.70. The molecule has 0 saturated carbocycles. The fourth-order valence-corrected chi connectivity index (χ4v) is 2.83. The van der Waals surface area contributed by atoms with Crippen molar-refractivity contribution in [3.63, 3.8) is 0 Å². The Hall–Kier alpha value is -1.66. The Bertz CT molecular complexity index is 574. The summed E-state index contributed by atoms with van der Waals surface area (Å²) in [5.74, 6) is 0.571. The van der Waals surface area contributed by atoms with Gasteiger partial charge in [-0.05, 0) is 33.0 Å². The standard InChI is InChI=1S/C12H14N2O3S/c1-6-4-5-8(17-6)11-14-7(2)10(18-11)9(13-3)12(15)16/h4-5,9,13H,1-3H3,(H,15,16). The van der Waals surface area contributed by atoms with Gasteiger partial charge < -0.3 is 14.8 Å². The maximum absolute atomic E-state index is 11.1. The van der Waals surface area contributed by atoms with E-state index in [1.54, 1.807) is 14.0 Å². The Morgan fingerprint density at radius 1 is 1.50 bits per heavy atom. The molecule has 0 bridgehead atoms. The molecule has 6 heteroatoms. The Balaban J connectivity index is 2.40. The van der Waals surface area contributed by atoms with Gasteiger partial charge in [-0.1, -0.05) is 0 Å². The number of likely N-dealkylation sites (N-methyl/N-ethyl adjacent to an activating group) is 1. The summed E-state index contributed by atoms with van der Waals surface area (Å²) in [7, 11) is 1.62. The molecule has 0 aromatic carbocycles. The number of nitrogens with one attached hydrogen (secondary N) is 1. The summed E-state index contributed by atoms with van der Waals surface area (Å²) in [5, 5.41) is 12.6. The molecule has 18 heavy (non-hydrogen) atoms. The van der Waals surface area contributed by atoms with E-state index in [1.807, 2.05) is 19.1 Å². The van der Waals surface area contributed by atoms with Crippen LogP contribution in [0, 0.1) is 13.8 Å². The number of nitrogens with zero attached hydrogens (tertiary/aromatic N) is 1. The fraction of sp³-hybridized carbons (Fsp3) is 0.333. The quantitative estimate of drug-likeness (QED) is 0.888. The second kappa shape index (κ2) is 4.91. The average Bonchev–Trinajstić information content (AvgIpc) is 2.87. The molecule has 2 aromatic rings. The number of carboxylic acid groups (broad SMARTS) is 1. The van der Waals surface area contributed by atoms with Crippen molar-refractivity contribution in [3.05, 3.63) is 28.5 Å².